The summed E-state index contributed by atoms with van der Waals surface area (Å²) in [6.45, 7) is 11.5. The van der Waals surface area contributed by atoms with Crippen molar-refractivity contribution in [2.45, 2.75) is 64.7 Å². The minimum absolute atomic E-state index is 0.166. The molecular weight excluding hydrogens is 364 g/mol. The van der Waals surface area contributed by atoms with E-state index >= 15 is 0 Å². The first kappa shape index (κ1) is 19.5. The lowest BCUT2D eigenvalue weighted by Gasteiger charge is -2.42. The highest BCUT2D eigenvalue weighted by molar-refractivity contribution is 6.01. The number of amides is 1. The van der Waals surface area contributed by atoms with Crippen molar-refractivity contribution in [3.63, 3.8) is 0 Å². The molecule has 1 aliphatic carbocycles. The van der Waals surface area contributed by atoms with Gasteiger partial charge in [-0.3, -0.25) is 4.79 Å². The number of hydrogen-bond acceptors (Lipinski definition) is 4. The summed E-state index contributed by atoms with van der Waals surface area (Å²) in [5.41, 5.74) is 5.77. The lowest BCUT2D eigenvalue weighted by molar-refractivity contribution is 0.0994. The molecular formula is C24H28N2O3. The zero-order chi connectivity index (χ0) is 20.8. The first-order valence-corrected chi connectivity index (χ1v) is 10.1. The van der Waals surface area contributed by atoms with Gasteiger partial charge < -0.3 is 14.3 Å². The molecule has 4 rings (SSSR count). The van der Waals surface area contributed by atoms with Crippen molar-refractivity contribution in [3.8, 4) is 0 Å². The Balaban J connectivity index is 1.59. The molecule has 2 heterocycles. The van der Waals surface area contributed by atoms with Crippen molar-refractivity contribution >= 4 is 11.7 Å². The van der Waals surface area contributed by atoms with Crippen LogP contribution in [-0.4, -0.2) is 11.1 Å². The van der Waals surface area contributed by atoms with Gasteiger partial charge in [0.25, 0.3) is 5.91 Å². The molecule has 0 saturated heterocycles. The number of rotatable bonds is 4. The minimum atomic E-state index is -0.338. The highest BCUT2D eigenvalue weighted by Crippen LogP contribution is 2.46. The van der Waals surface area contributed by atoms with E-state index in [4.69, 9.17) is 8.94 Å². The topological polar surface area (TPSA) is 68.3 Å². The van der Waals surface area contributed by atoms with Gasteiger partial charge in [-0.05, 0) is 65.0 Å². The third kappa shape index (κ3) is 3.74. The molecule has 0 radical (unpaired) electrons. The molecule has 5 nitrogen and oxygen atoms in total. The number of aromatic nitrogens is 1. The molecule has 3 aromatic rings. The summed E-state index contributed by atoms with van der Waals surface area (Å²) in [4.78, 5) is 12.3. The SMILES string of the molecule is Cc1cc2c(cc1Cc1ccc(C(=O)Nc3ccon3)o1)C(C)(C)CCC2(C)C. The standard InChI is InChI=1S/C24H28N2O3/c1-15-12-18-19(24(4,5)10-9-23(18,2)3)14-16(15)13-17-6-7-20(29-17)22(27)25-21-8-11-28-26-21/h6-8,11-12,14H,9-10,13H2,1-5H3,(H,25,26,27). The molecule has 152 valence electrons. The monoisotopic (exact) mass is 392 g/mol. The van der Waals surface area contributed by atoms with Crippen LogP contribution >= 0.6 is 0 Å². The smallest absolute Gasteiger partial charge is 0.292 e. The van der Waals surface area contributed by atoms with E-state index in [2.05, 4.69) is 57.2 Å². The third-order valence-electron chi connectivity index (χ3n) is 6.24. The molecule has 5 heteroatoms. The van der Waals surface area contributed by atoms with Crippen LogP contribution in [0.25, 0.3) is 0 Å². The summed E-state index contributed by atoms with van der Waals surface area (Å²) in [6.07, 6.45) is 4.45. The van der Waals surface area contributed by atoms with E-state index in [1.54, 1.807) is 12.1 Å². The van der Waals surface area contributed by atoms with Crippen LogP contribution in [0.5, 0.6) is 0 Å². The molecule has 0 saturated carbocycles. The van der Waals surface area contributed by atoms with Crippen molar-refractivity contribution in [1.82, 2.24) is 5.16 Å². The highest BCUT2D eigenvalue weighted by Gasteiger charge is 2.37. The van der Waals surface area contributed by atoms with Gasteiger partial charge in [0.2, 0.25) is 0 Å². The Morgan fingerprint density at radius 2 is 1.76 bits per heavy atom. The van der Waals surface area contributed by atoms with Crippen molar-refractivity contribution in [2.24, 2.45) is 0 Å². The predicted octanol–water partition coefficient (Wildman–Crippen LogP) is 5.77. The maximum atomic E-state index is 12.3. The Morgan fingerprint density at radius 1 is 1.07 bits per heavy atom. The molecule has 0 unspecified atom stereocenters. The van der Waals surface area contributed by atoms with E-state index < -0.39 is 0 Å². The van der Waals surface area contributed by atoms with Gasteiger partial charge in [0.1, 0.15) is 12.0 Å². The lowest BCUT2D eigenvalue weighted by Crippen LogP contribution is -2.34. The Morgan fingerprint density at radius 3 is 2.41 bits per heavy atom. The Hall–Kier alpha value is -2.82. The summed E-state index contributed by atoms with van der Waals surface area (Å²) >= 11 is 0. The number of nitrogens with one attached hydrogen (secondary N) is 1. The van der Waals surface area contributed by atoms with E-state index in [0.29, 0.717) is 12.2 Å². The number of benzene rings is 1. The molecule has 1 amide bonds. The first-order chi connectivity index (χ1) is 13.7. The fraction of sp³-hybridized carbons (Fsp3) is 0.417. The maximum absolute atomic E-state index is 12.3. The van der Waals surface area contributed by atoms with Crippen molar-refractivity contribution in [2.75, 3.05) is 5.32 Å². The van der Waals surface area contributed by atoms with E-state index in [9.17, 15) is 4.79 Å². The summed E-state index contributed by atoms with van der Waals surface area (Å²) in [6, 6.07) is 9.86. The zero-order valence-corrected chi connectivity index (χ0v) is 17.8. The Labute approximate surface area is 171 Å². The van der Waals surface area contributed by atoms with Gasteiger partial charge in [0.15, 0.2) is 11.6 Å². The van der Waals surface area contributed by atoms with Gasteiger partial charge in [-0.1, -0.05) is 45.0 Å². The number of carbonyl (C=O) groups excluding carboxylic acids is 1. The van der Waals surface area contributed by atoms with E-state index in [1.165, 1.54) is 41.4 Å². The highest BCUT2D eigenvalue weighted by atomic mass is 16.5. The molecule has 29 heavy (non-hydrogen) atoms. The van der Waals surface area contributed by atoms with E-state index in [-0.39, 0.29) is 22.5 Å². The van der Waals surface area contributed by atoms with Crippen LogP contribution in [0, 0.1) is 6.92 Å². The molecule has 2 aromatic heterocycles. The van der Waals surface area contributed by atoms with Gasteiger partial charge in [-0.2, -0.15) is 0 Å². The number of carbonyl (C=O) groups is 1. The molecule has 0 spiro atoms. The lowest BCUT2D eigenvalue weighted by atomic mass is 9.62. The van der Waals surface area contributed by atoms with Gasteiger partial charge in [-0.25, -0.2) is 0 Å². The molecule has 0 fully saturated rings. The largest absolute Gasteiger partial charge is 0.456 e. The number of hydrogen-bond donors (Lipinski definition) is 1. The van der Waals surface area contributed by atoms with Crippen LogP contribution in [0.4, 0.5) is 5.82 Å². The molecule has 0 bridgehead atoms. The summed E-state index contributed by atoms with van der Waals surface area (Å²) < 4.78 is 10.5. The van der Waals surface area contributed by atoms with Crippen LogP contribution < -0.4 is 5.32 Å². The molecule has 0 atom stereocenters. The molecule has 1 N–H and O–H groups in total. The minimum Gasteiger partial charge on any atom is -0.456 e. The zero-order valence-electron chi connectivity index (χ0n) is 17.8. The van der Waals surface area contributed by atoms with E-state index in [0.717, 1.165) is 5.76 Å². The number of fused-ring (bicyclic) bond motifs is 1. The normalized spacial score (nSPS) is 17.0. The van der Waals surface area contributed by atoms with E-state index in [1.807, 2.05) is 6.07 Å². The predicted molar refractivity (Wildman–Crippen MR) is 112 cm³/mol. The first-order valence-electron chi connectivity index (χ1n) is 10.1. The van der Waals surface area contributed by atoms with Gasteiger partial charge in [0.05, 0.1) is 0 Å². The van der Waals surface area contributed by atoms with Crippen LogP contribution in [0.1, 0.15) is 79.1 Å². The van der Waals surface area contributed by atoms with Gasteiger partial charge in [-0.15, -0.1) is 0 Å². The number of anilines is 1. The van der Waals surface area contributed by atoms with Crippen LogP contribution in [0.3, 0.4) is 0 Å². The summed E-state index contributed by atoms with van der Waals surface area (Å²) in [7, 11) is 0. The number of furan rings is 1. The van der Waals surface area contributed by atoms with Crippen LogP contribution in [-0.2, 0) is 17.3 Å². The van der Waals surface area contributed by atoms with Crippen molar-refractivity contribution in [1.29, 1.82) is 0 Å². The third-order valence-corrected chi connectivity index (χ3v) is 6.24. The van der Waals surface area contributed by atoms with Crippen LogP contribution in [0.2, 0.25) is 0 Å². The van der Waals surface area contributed by atoms with Crippen molar-refractivity contribution < 1.29 is 13.7 Å². The second-order valence-corrected chi connectivity index (χ2v) is 9.37. The molecule has 1 aromatic carbocycles. The Bertz CT molecular complexity index is 1040. The molecule has 1 aliphatic rings. The molecule has 0 aliphatic heterocycles. The van der Waals surface area contributed by atoms with Gasteiger partial charge >= 0.3 is 0 Å². The maximum Gasteiger partial charge on any atom is 0.292 e. The average Bonchev–Trinajstić information content (AvgIpc) is 3.32. The Kier molecular flexibility index (Phi) is 4.64. The number of nitrogens with zero attached hydrogens (tertiary/aromatic N) is 1. The fourth-order valence-corrected chi connectivity index (χ4v) is 4.20. The van der Waals surface area contributed by atoms with Crippen molar-refractivity contribution in [3.05, 3.63) is 70.4 Å². The number of aryl methyl sites for hydroxylation is 1. The summed E-state index contributed by atoms with van der Waals surface area (Å²) in [5.74, 6) is 1.06. The average molecular weight is 392 g/mol. The summed E-state index contributed by atoms with van der Waals surface area (Å²) in [5, 5.41) is 6.34. The second kappa shape index (κ2) is 6.90. The second-order valence-electron chi connectivity index (χ2n) is 9.37. The van der Waals surface area contributed by atoms with Gasteiger partial charge in [0, 0.05) is 12.5 Å². The quantitative estimate of drug-likeness (QED) is 0.612. The fourth-order valence-electron chi connectivity index (χ4n) is 4.20. The van der Waals surface area contributed by atoms with Crippen LogP contribution in [0.15, 0.2) is 45.5 Å².